The van der Waals surface area contributed by atoms with Crippen LogP contribution in [0.1, 0.15) is 21.5 Å². The summed E-state index contributed by atoms with van der Waals surface area (Å²) in [6, 6.07) is 1.70. The van der Waals surface area contributed by atoms with Crippen molar-refractivity contribution in [2.45, 2.75) is 13.8 Å². The van der Waals surface area contributed by atoms with E-state index in [2.05, 4.69) is 9.97 Å². The van der Waals surface area contributed by atoms with Gasteiger partial charge in [0.25, 0.3) is 0 Å². The van der Waals surface area contributed by atoms with Crippen LogP contribution in [0.15, 0.2) is 15.7 Å². The van der Waals surface area contributed by atoms with E-state index >= 15 is 0 Å². The number of carbonyl (C=O) groups excluding carboxylic acids is 1. The average molecular weight is 248 g/mol. The summed E-state index contributed by atoms with van der Waals surface area (Å²) in [5.41, 5.74) is 0.943. The summed E-state index contributed by atoms with van der Waals surface area (Å²) >= 11 is 0. The molecule has 6 heteroatoms. The van der Waals surface area contributed by atoms with Gasteiger partial charge in [-0.3, -0.25) is 9.59 Å². The monoisotopic (exact) mass is 248 g/mol. The summed E-state index contributed by atoms with van der Waals surface area (Å²) < 4.78 is 4.70. The Kier molecular flexibility index (Phi) is 2.78. The van der Waals surface area contributed by atoms with Gasteiger partial charge in [0.15, 0.2) is 0 Å². The summed E-state index contributed by atoms with van der Waals surface area (Å²) in [6.45, 7) is 3.56. The third-order valence-corrected chi connectivity index (χ3v) is 2.93. The molecule has 18 heavy (non-hydrogen) atoms. The molecule has 0 atom stereocenters. The molecule has 0 unspecified atom stereocenters. The number of esters is 1. The van der Waals surface area contributed by atoms with Gasteiger partial charge in [0, 0.05) is 0 Å². The lowest BCUT2D eigenvalue weighted by Crippen LogP contribution is -2.29. The van der Waals surface area contributed by atoms with E-state index in [9.17, 15) is 14.4 Å². The van der Waals surface area contributed by atoms with Gasteiger partial charge < -0.3 is 14.7 Å². The second-order valence-corrected chi connectivity index (χ2v) is 4.02. The number of H-pyrrole nitrogens is 2. The van der Waals surface area contributed by atoms with Crippen LogP contribution in [0.3, 0.4) is 0 Å². The van der Waals surface area contributed by atoms with Crippen LogP contribution in [0.2, 0.25) is 0 Å². The lowest BCUT2D eigenvalue weighted by atomic mass is 10.0. The minimum absolute atomic E-state index is 0.265. The summed E-state index contributed by atoms with van der Waals surface area (Å²) in [4.78, 5) is 39.2. The molecule has 1 aromatic carbocycles. The van der Waals surface area contributed by atoms with Gasteiger partial charge in [-0.15, -0.1) is 0 Å². The quantitative estimate of drug-likeness (QED) is 0.571. The molecular formula is C12H12N2O4. The van der Waals surface area contributed by atoms with Gasteiger partial charge >= 0.3 is 17.1 Å². The van der Waals surface area contributed by atoms with E-state index in [1.54, 1.807) is 13.0 Å². The van der Waals surface area contributed by atoms with E-state index in [1.807, 2.05) is 6.92 Å². The maximum atomic E-state index is 11.8. The first-order valence-electron chi connectivity index (χ1n) is 5.30. The van der Waals surface area contributed by atoms with E-state index in [0.29, 0.717) is 11.1 Å². The molecule has 0 spiro atoms. The fraction of sp³-hybridized carbons (Fsp3) is 0.250. The topological polar surface area (TPSA) is 92.0 Å². The molecule has 0 aliphatic carbocycles. The molecule has 0 aliphatic rings. The summed E-state index contributed by atoms with van der Waals surface area (Å²) in [5, 5.41) is 0. The summed E-state index contributed by atoms with van der Waals surface area (Å²) in [6.07, 6.45) is 0. The van der Waals surface area contributed by atoms with E-state index in [1.165, 1.54) is 7.11 Å². The second-order valence-electron chi connectivity index (χ2n) is 4.02. The van der Waals surface area contributed by atoms with Crippen LogP contribution < -0.4 is 11.1 Å². The lowest BCUT2D eigenvalue weighted by molar-refractivity contribution is 0.0602. The minimum atomic E-state index is -0.795. The largest absolute Gasteiger partial charge is 0.465 e. The third-order valence-electron chi connectivity index (χ3n) is 2.93. The van der Waals surface area contributed by atoms with Gasteiger partial charge in [-0.05, 0) is 31.0 Å². The molecule has 2 N–H and O–H groups in total. The van der Waals surface area contributed by atoms with Gasteiger partial charge in [0.05, 0.1) is 23.7 Å². The van der Waals surface area contributed by atoms with Gasteiger partial charge in [-0.25, -0.2) is 4.79 Å². The zero-order valence-electron chi connectivity index (χ0n) is 10.2. The van der Waals surface area contributed by atoms with Crippen molar-refractivity contribution in [3.05, 3.63) is 43.5 Å². The van der Waals surface area contributed by atoms with E-state index < -0.39 is 17.1 Å². The Labute approximate surface area is 102 Å². The Morgan fingerprint density at radius 2 is 1.78 bits per heavy atom. The first-order valence-corrected chi connectivity index (χ1v) is 5.30. The highest BCUT2D eigenvalue weighted by Crippen LogP contribution is 2.21. The van der Waals surface area contributed by atoms with E-state index in [-0.39, 0.29) is 11.1 Å². The molecule has 2 aromatic rings. The van der Waals surface area contributed by atoms with Crippen LogP contribution in [0, 0.1) is 13.8 Å². The molecule has 0 aliphatic heterocycles. The third kappa shape index (κ3) is 1.71. The molecule has 2 rings (SSSR count). The SMILES string of the molecule is COC(=O)c1c(C)c(C)cc2[nH]c(=O)c(=O)[nH]c12. The van der Waals surface area contributed by atoms with Crippen LogP contribution in [0.25, 0.3) is 11.0 Å². The molecule has 0 bridgehead atoms. The Morgan fingerprint density at radius 1 is 1.17 bits per heavy atom. The van der Waals surface area contributed by atoms with Crippen LogP contribution in [0.5, 0.6) is 0 Å². The Bertz CT molecular complexity index is 755. The highest BCUT2D eigenvalue weighted by atomic mass is 16.5. The van der Waals surface area contributed by atoms with E-state index in [0.717, 1.165) is 5.56 Å². The Balaban J connectivity index is 3.01. The molecule has 1 aromatic heterocycles. The number of hydrogen-bond acceptors (Lipinski definition) is 4. The number of aromatic amines is 2. The van der Waals surface area contributed by atoms with Crippen molar-refractivity contribution in [3.8, 4) is 0 Å². The lowest BCUT2D eigenvalue weighted by Gasteiger charge is -2.10. The highest BCUT2D eigenvalue weighted by molar-refractivity contribution is 6.03. The summed E-state index contributed by atoms with van der Waals surface area (Å²) in [5.74, 6) is -0.552. The normalized spacial score (nSPS) is 10.6. The zero-order valence-corrected chi connectivity index (χ0v) is 10.2. The number of aryl methyl sites for hydroxylation is 1. The van der Waals surface area contributed by atoms with Gasteiger partial charge in [0.1, 0.15) is 0 Å². The molecule has 1 heterocycles. The number of nitrogens with one attached hydrogen (secondary N) is 2. The maximum Gasteiger partial charge on any atom is 0.340 e. The van der Waals surface area contributed by atoms with E-state index in [4.69, 9.17) is 4.74 Å². The number of methoxy groups -OCH3 is 1. The Morgan fingerprint density at radius 3 is 2.39 bits per heavy atom. The number of benzene rings is 1. The highest BCUT2D eigenvalue weighted by Gasteiger charge is 2.17. The Hall–Kier alpha value is -2.37. The average Bonchev–Trinajstić information content (AvgIpc) is 2.33. The van der Waals surface area contributed by atoms with Crippen LogP contribution in [-0.2, 0) is 4.74 Å². The van der Waals surface area contributed by atoms with Crippen molar-refractivity contribution in [1.29, 1.82) is 0 Å². The van der Waals surface area contributed by atoms with Crippen molar-refractivity contribution in [2.75, 3.05) is 7.11 Å². The molecule has 0 fully saturated rings. The fourth-order valence-electron chi connectivity index (χ4n) is 1.85. The molecule has 94 valence electrons. The van der Waals surface area contributed by atoms with Crippen molar-refractivity contribution < 1.29 is 9.53 Å². The predicted octanol–water partition coefficient (Wildman–Crippen LogP) is 0.620. The first kappa shape index (κ1) is 12.1. The second kappa shape index (κ2) is 4.14. The van der Waals surface area contributed by atoms with Gasteiger partial charge in [-0.1, -0.05) is 0 Å². The number of hydrogen-bond donors (Lipinski definition) is 2. The molecular weight excluding hydrogens is 236 g/mol. The van der Waals surface area contributed by atoms with Crippen LogP contribution >= 0.6 is 0 Å². The van der Waals surface area contributed by atoms with Crippen LogP contribution in [-0.4, -0.2) is 23.0 Å². The smallest absolute Gasteiger partial charge is 0.340 e. The van der Waals surface area contributed by atoms with Gasteiger partial charge in [-0.2, -0.15) is 0 Å². The van der Waals surface area contributed by atoms with Crippen molar-refractivity contribution in [1.82, 2.24) is 9.97 Å². The number of aromatic nitrogens is 2. The standard InChI is InChI=1S/C12H12N2O4/c1-5-4-7-9(14-11(16)10(15)13-7)8(6(5)2)12(17)18-3/h4H,1-3H3,(H,13,15)(H,14,16). The number of carbonyl (C=O) groups is 1. The number of rotatable bonds is 1. The van der Waals surface area contributed by atoms with Crippen molar-refractivity contribution in [2.24, 2.45) is 0 Å². The van der Waals surface area contributed by atoms with Gasteiger partial charge in [0.2, 0.25) is 0 Å². The maximum absolute atomic E-state index is 11.8. The molecule has 0 saturated carbocycles. The minimum Gasteiger partial charge on any atom is -0.465 e. The molecule has 0 radical (unpaired) electrons. The number of ether oxygens (including phenoxy) is 1. The van der Waals surface area contributed by atoms with Crippen molar-refractivity contribution in [3.63, 3.8) is 0 Å². The fourth-order valence-corrected chi connectivity index (χ4v) is 1.85. The molecule has 6 nitrogen and oxygen atoms in total. The first-order chi connectivity index (χ1) is 8.45. The van der Waals surface area contributed by atoms with Crippen LogP contribution in [0.4, 0.5) is 0 Å². The molecule has 0 amide bonds. The number of fused-ring (bicyclic) bond motifs is 1. The zero-order chi connectivity index (χ0) is 13.4. The van der Waals surface area contributed by atoms with Crippen molar-refractivity contribution >= 4 is 17.0 Å². The molecule has 0 saturated heterocycles. The summed E-state index contributed by atoms with van der Waals surface area (Å²) in [7, 11) is 1.26. The predicted molar refractivity (Wildman–Crippen MR) is 66.0 cm³/mol.